The maximum Gasteiger partial charge on any atom is 0.343 e. The highest BCUT2D eigenvalue weighted by Gasteiger charge is 2.24. The van der Waals surface area contributed by atoms with E-state index < -0.39 is 11.8 Å². The van der Waals surface area contributed by atoms with Crippen molar-refractivity contribution in [2.75, 3.05) is 19.0 Å². The van der Waals surface area contributed by atoms with Crippen molar-refractivity contribution in [2.45, 2.75) is 6.42 Å². The predicted molar refractivity (Wildman–Crippen MR) is 90.8 cm³/mol. The smallest absolute Gasteiger partial charge is 0.343 e. The van der Waals surface area contributed by atoms with Crippen LogP contribution in [0, 0.1) is 5.82 Å². The van der Waals surface area contributed by atoms with Crippen LogP contribution in [0.2, 0.25) is 0 Å². The van der Waals surface area contributed by atoms with E-state index in [2.05, 4.69) is 15.6 Å². The molecule has 2 aromatic heterocycles. The van der Waals surface area contributed by atoms with Gasteiger partial charge in [0.05, 0.1) is 13.3 Å². The first kappa shape index (κ1) is 17.5. The van der Waals surface area contributed by atoms with E-state index >= 15 is 0 Å². The Hall–Kier alpha value is -3.36. The summed E-state index contributed by atoms with van der Waals surface area (Å²) < 4.78 is 25.4. The van der Waals surface area contributed by atoms with E-state index in [-0.39, 0.29) is 22.9 Å². The largest absolute Gasteiger partial charge is 0.494 e. The molecule has 2 N–H and O–H groups in total. The van der Waals surface area contributed by atoms with Crippen LogP contribution in [0.25, 0.3) is 11.3 Å². The van der Waals surface area contributed by atoms with Gasteiger partial charge in [0.2, 0.25) is 0 Å². The Labute approximate surface area is 148 Å². The van der Waals surface area contributed by atoms with Gasteiger partial charge in [-0.05, 0) is 30.2 Å². The fourth-order valence-electron chi connectivity index (χ4n) is 2.53. The van der Waals surface area contributed by atoms with Crippen LogP contribution in [0.15, 0.2) is 35.1 Å². The van der Waals surface area contributed by atoms with Gasteiger partial charge in [-0.1, -0.05) is 5.16 Å². The zero-order chi connectivity index (χ0) is 18.7. The number of benzene rings is 1. The maximum absolute atomic E-state index is 13.6. The number of aromatic carboxylic acids is 1. The van der Waals surface area contributed by atoms with E-state index in [1.54, 1.807) is 10.9 Å². The third-order valence-electron chi connectivity index (χ3n) is 3.78. The number of methoxy groups -OCH3 is 1. The third-order valence-corrected chi connectivity index (χ3v) is 3.78. The predicted octanol–water partition coefficient (Wildman–Crippen LogP) is 2.58. The number of ether oxygens (including phenoxy) is 1. The van der Waals surface area contributed by atoms with Gasteiger partial charge in [0.25, 0.3) is 0 Å². The molecule has 0 saturated heterocycles. The van der Waals surface area contributed by atoms with Gasteiger partial charge < -0.3 is 19.7 Å². The Morgan fingerprint density at radius 1 is 1.46 bits per heavy atom. The summed E-state index contributed by atoms with van der Waals surface area (Å²) in [4.78, 5) is 11.7. The number of hydrogen-bond donors (Lipinski definition) is 2. The molecule has 0 spiro atoms. The third kappa shape index (κ3) is 3.51. The van der Waals surface area contributed by atoms with Gasteiger partial charge in [-0.15, -0.1) is 0 Å². The summed E-state index contributed by atoms with van der Waals surface area (Å²) in [6, 6.07) is 3.95. The summed E-state index contributed by atoms with van der Waals surface area (Å²) >= 11 is 0. The van der Waals surface area contributed by atoms with Crippen LogP contribution in [0.1, 0.15) is 15.9 Å². The number of nitrogens with zero attached hydrogens (tertiary/aromatic N) is 3. The number of rotatable bonds is 7. The Morgan fingerprint density at radius 3 is 2.92 bits per heavy atom. The minimum atomic E-state index is -1.20. The lowest BCUT2D eigenvalue weighted by molar-refractivity contribution is 0.0698. The molecule has 0 unspecified atom stereocenters. The zero-order valence-corrected chi connectivity index (χ0v) is 14.2. The molecule has 0 aliphatic heterocycles. The van der Waals surface area contributed by atoms with Gasteiger partial charge in [-0.25, -0.2) is 9.18 Å². The van der Waals surface area contributed by atoms with Gasteiger partial charge in [0.15, 0.2) is 28.7 Å². The molecule has 9 heteroatoms. The Bertz CT molecular complexity index is 935. The topological polar surface area (TPSA) is 102 Å². The molecule has 0 radical (unpaired) electrons. The molecule has 0 aliphatic carbocycles. The minimum Gasteiger partial charge on any atom is -0.494 e. The zero-order valence-electron chi connectivity index (χ0n) is 14.2. The number of halogens is 1. The number of aryl methyl sites for hydroxylation is 1. The van der Waals surface area contributed by atoms with Gasteiger partial charge in [-0.2, -0.15) is 5.10 Å². The number of aromatic nitrogens is 3. The summed E-state index contributed by atoms with van der Waals surface area (Å²) in [5.41, 5.74) is 1.24. The second-order valence-electron chi connectivity index (χ2n) is 5.59. The number of carboxylic acid groups (broad SMARTS) is 1. The molecule has 1 aromatic carbocycles. The molecule has 0 saturated carbocycles. The standard InChI is InChI=1S/C17H17FN4O4/c1-22-9-10(8-20-22)5-6-19-16-14(17(23)24)15(26-21-16)11-3-4-12(18)13(7-11)25-2/h3-4,7-9H,5-6H2,1-2H3,(H,19,21)(H,23,24). The van der Waals surface area contributed by atoms with Crippen LogP contribution in [0.5, 0.6) is 5.75 Å². The van der Waals surface area contributed by atoms with Crippen molar-refractivity contribution >= 4 is 11.8 Å². The molecule has 0 bridgehead atoms. The minimum absolute atomic E-state index is 0.0127. The van der Waals surface area contributed by atoms with Crippen molar-refractivity contribution in [2.24, 2.45) is 7.05 Å². The summed E-state index contributed by atoms with van der Waals surface area (Å²) in [6.45, 7) is 0.449. The van der Waals surface area contributed by atoms with Crippen LogP contribution in [0.4, 0.5) is 10.2 Å². The van der Waals surface area contributed by atoms with Crippen molar-refractivity contribution in [1.29, 1.82) is 0 Å². The lowest BCUT2D eigenvalue weighted by Gasteiger charge is -2.05. The fraction of sp³-hybridized carbons (Fsp3) is 0.235. The van der Waals surface area contributed by atoms with Crippen molar-refractivity contribution in [3.05, 3.63) is 47.5 Å². The Morgan fingerprint density at radius 2 is 2.27 bits per heavy atom. The van der Waals surface area contributed by atoms with E-state index in [1.807, 2.05) is 13.2 Å². The Balaban J connectivity index is 1.83. The first-order chi connectivity index (χ1) is 12.5. The summed E-state index contributed by atoms with van der Waals surface area (Å²) in [5, 5.41) is 20.4. The highest BCUT2D eigenvalue weighted by Crippen LogP contribution is 2.32. The van der Waals surface area contributed by atoms with E-state index in [9.17, 15) is 14.3 Å². The van der Waals surface area contributed by atoms with Crippen molar-refractivity contribution < 1.29 is 23.6 Å². The van der Waals surface area contributed by atoms with Crippen LogP contribution < -0.4 is 10.1 Å². The molecule has 0 aliphatic rings. The summed E-state index contributed by atoms with van der Waals surface area (Å²) in [6.07, 6.45) is 4.25. The number of hydrogen-bond acceptors (Lipinski definition) is 6. The normalized spacial score (nSPS) is 10.7. The molecular formula is C17H17FN4O4. The molecule has 3 rings (SSSR count). The molecular weight excluding hydrogens is 343 g/mol. The highest BCUT2D eigenvalue weighted by atomic mass is 19.1. The summed E-state index contributed by atoms with van der Waals surface area (Å²) in [7, 11) is 3.15. The van der Waals surface area contributed by atoms with Crippen molar-refractivity contribution in [3.8, 4) is 17.1 Å². The maximum atomic E-state index is 13.6. The molecule has 2 heterocycles. The summed E-state index contributed by atoms with van der Waals surface area (Å²) in [5.74, 6) is -1.63. The van der Waals surface area contributed by atoms with Gasteiger partial charge in [0, 0.05) is 25.4 Å². The van der Waals surface area contributed by atoms with Crippen LogP contribution in [-0.4, -0.2) is 39.7 Å². The van der Waals surface area contributed by atoms with E-state index in [0.29, 0.717) is 18.5 Å². The van der Waals surface area contributed by atoms with Crippen LogP contribution in [0.3, 0.4) is 0 Å². The molecule has 136 valence electrons. The lowest BCUT2D eigenvalue weighted by Crippen LogP contribution is -2.09. The molecule has 8 nitrogen and oxygen atoms in total. The van der Waals surface area contributed by atoms with Gasteiger partial charge in [-0.3, -0.25) is 4.68 Å². The first-order valence-corrected chi connectivity index (χ1v) is 7.78. The monoisotopic (exact) mass is 360 g/mol. The average molecular weight is 360 g/mol. The Kier molecular flexibility index (Phi) is 4.87. The van der Waals surface area contributed by atoms with E-state index in [1.165, 1.54) is 25.3 Å². The number of carbonyl (C=O) groups is 1. The lowest BCUT2D eigenvalue weighted by atomic mass is 10.1. The van der Waals surface area contributed by atoms with Crippen LogP contribution >= 0.6 is 0 Å². The quantitative estimate of drug-likeness (QED) is 0.667. The van der Waals surface area contributed by atoms with Gasteiger partial charge >= 0.3 is 5.97 Å². The van der Waals surface area contributed by atoms with E-state index in [0.717, 1.165) is 5.56 Å². The first-order valence-electron chi connectivity index (χ1n) is 7.78. The number of nitrogens with one attached hydrogen (secondary N) is 1. The molecule has 3 aromatic rings. The van der Waals surface area contributed by atoms with Crippen molar-refractivity contribution in [3.63, 3.8) is 0 Å². The fourth-order valence-corrected chi connectivity index (χ4v) is 2.53. The number of carboxylic acids is 1. The highest BCUT2D eigenvalue weighted by molar-refractivity contribution is 5.99. The second-order valence-corrected chi connectivity index (χ2v) is 5.59. The SMILES string of the molecule is COc1cc(-c2onc(NCCc3cnn(C)c3)c2C(=O)O)ccc1F. The molecule has 0 fully saturated rings. The van der Waals surface area contributed by atoms with Gasteiger partial charge in [0.1, 0.15) is 0 Å². The second kappa shape index (κ2) is 7.26. The average Bonchev–Trinajstić information content (AvgIpc) is 3.22. The molecule has 0 amide bonds. The van der Waals surface area contributed by atoms with E-state index in [4.69, 9.17) is 9.26 Å². The van der Waals surface area contributed by atoms with Crippen LogP contribution in [-0.2, 0) is 13.5 Å². The number of anilines is 1. The molecule has 26 heavy (non-hydrogen) atoms. The van der Waals surface area contributed by atoms with Crippen molar-refractivity contribution in [1.82, 2.24) is 14.9 Å². The molecule has 0 atom stereocenters.